The minimum absolute atomic E-state index is 0.0581. The van der Waals surface area contributed by atoms with Crippen molar-refractivity contribution in [3.8, 4) is 0 Å². The molecule has 26 heavy (non-hydrogen) atoms. The number of benzene rings is 2. The van der Waals surface area contributed by atoms with Crippen LogP contribution in [0, 0.1) is 5.82 Å². The topological polar surface area (TPSA) is 40.6 Å². The molecule has 0 saturated carbocycles. The van der Waals surface area contributed by atoms with Gasteiger partial charge >= 0.3 is 0 Å². The van der Waals surface area contributed by atoms with Crippen LogP contribution in [-0.2, 0) is 4.79 Å². The molecular formula is C18H14Cl3FN2O2. The predicted molar refractivity (Wildman–Crippen MR) is 101 cm³/mol. The number of hydrogen-bond donors (Lipinski definition) is 0. The van der Waals surface area contributed by atoms with Crippen molar-refractivity contribution >= 4 is 52.3 Å². The van der Waals surface area contributed by atoms with Crippen molar-refractivity contribution in [3.05, 3.63) is 62.8 Å². The Morgan fingerprint density at radius 1 is 1.04 bits per heavy atom. The van der Waals surface area contributed by atoms with Gasteiger partial charge in [-0.05, 0) is 43.3 Å². The number of carbonyl (C=O) groups is 2. The zero-order valence-corrected chi connectivity index (χ0v) is 15.9. The van der Waals surface area contributed by atoms with Gasteiger partial charge in [0.25, 0.3) is 5.91 Å². The van der Waals surface area contributed by atoms with Crippen molar-refractivity contribution in [1.82, 2.24) is 4.90 Å². The molecule has 0 N–H and O–H groups in total. The Morgan fingerprint density at radius 2 is 1.77 bits per heavy atom. The summed E-state index contributed by atoms with van der Waals surface area (Å²) >= 11 is 17.7. The van der Waals surface area contributed by atoms with Gasteiger partial charge in [0, 0.05) is 24.3 Å². The van der Waals surface area contributed by atoms with Crippen LogP contribution in [0.5, 0.6) is 0 Å². The highest BCUT2D eigenvalue weighted by Crippen LogP contribution is 2.27. The van der Waals surface area contributed by atoms with E-state index in [9.17, 15) is 14.0 Å². The summed E-state index contributed by atoms with van der Waals surface area (Å²) < 4.78 is 13.3. The molecule has 136 valence electrons. The second kappa shape index (κ2) is 7.43. The Balaban J connectivity index is 1.81. The van der Waals surface area contributed by atoms with Crippen LogP contribution in [0.4, 0.5) is 10.1 Å². The van der Waals surface area contributed by atoms with Crippen LogP contribution in [0.3, 0.4) is 0 Å². The first-order chi connectivity index (χ1) is 12.3. The largest absolute Gasteiger partial charge is 0.325 e. The van der Waals surface area contributed by atoms with Crippen LogP contribution < -0.4 is 4.90 Å². The molecule has 0 bridgehead atoms. The lowest BCUT2D eigenvalue weighted by Crippen LogP contribution is -2.57. The summed E-state index contributed by atoms with van der Waals surface area (Å²) in [5.74, 6) is -1.13. The van der Waals surface area contributed by atoms with E-state index in [1.54, 1.807) is 19.1 Å². The van der Waals surface area contributed by atoms with E-state index in [0.29, 0.717) is 22.8 Å². The third-order valence-electron chi connectivity index (χ3n) is 4.30. The van der Waals surface area contributed by atoms with Crippen LogP contribution in [0.2, 0.25) is 15.1 Å². The molecule has 2 amide bonds. The average Bonchev–Trinajstić information content (AvgIpc) is 2.61. The molecule has 1 aliphatic rings. The maximum Gasteiger partial charge on any atom is 0.254 e. The molecular weight excluding hydrogens is 402 g/mol. The molecule has 4 nitrogen and oxygen atoms in total. The molecule has 0 spiro atoms. The van der Waals surface area contributed by atoms with E-state index < -0.39 is 11.9 Å². The fourth-order valence-corrected chi connectivity index (χ4v) is 3.32. The first-order valence-electron chi connectivity index (χ1n) is 7.82. The maximum absolute atomic E-state index is 13.3. The zero-order chi connectivity index (χ0) is 19.0. The van der Waals surface area contributed by atoms with Gasteiger partial charge in [-0.3, -0.25) is 9.59 Å². The fraction of sp³-hybridized carbons (Fsp3) is 0.222. The van der Waals surface area contributed by atoms with Gasteiger partial charge in [0.2, 0.25) is 5.91 Å². The normalized spacial score (nSPS) is 17.6. The molecule has 2 aromatic carbocycles. The van der Waals surface area contributed by atoms with E-state index in [1.807, 2.05) is 0 Å². The quantitative estimate of drug-likeness (QED) is 0.715. The van der Waals surface area contributed by atoms with Gasteiger partial charge in [-0.25, -0.2) is 4.39 Å². The molecule has 1 aliphatic heterocycles. The van der Waals surface area contributed by atoms with Crippen molar-refractivity contribution in [2.24, 2.45) is 0 Å². The molecule has 1 atom stereocenters. The van der Waals surface area contributed by atoms with Crippen LogP contribution in [-0.4, -0.2) is 35.8 Å². The molecule has 0 aliphatic carbocycles. The van der Waals surface area contributed by atoms with Gasteiger partial charge in [-0.1, -0.05) is 34.8 Å². The highest BCUT2D eigenvalue weighted by Gasteiger charge is 2.35. The van der Waals surface area contributed by atoms with Crippen LogP contribution in [0.15, 0.2) is 36.4 Å². The second-order valence-electron chi connectivity index (χ2n) is 5.89. The van der Waals surface area contributed by atoms with Crippen LogP contribution in [0.1, 0.15) is 17.3 Å². The standard InChI is InChI=1S/C18H14Cl3FN2O2/c1-10-17(25)24(12-3-5-16(22)15(21)9-12)7-6-23(10)18(26)11-2-4-13(19)14(20)8-11/h2-5,8-10H,6-7H2,1H3/t10-/m0/s1. The fourth-order valence-electron chi connectivity index (χ4n) is 2.85. The summed E-state index contributed by atoms with van der Waals surface area (Å²) in [6, 6.07) is 8.01. The Hall–Kier alpha value is -1.82. The van der Waals surface area contributed by atoms with E-state index >= 15 is 0 Å². The minimum atomic E-state index is -0.686. The summed E-state index contributed by atoms with van der Waals surface area (Å²) in [6.07, 6.45) is 0. The number of hydrogen-bond acceptors (Lipinski definition) is 2. The first kappa shape index (κ1) is 19.0. The zero-order valence-electron chi connectivity index (χ0n) is 13.7. The number of anilines is 1. The van der Waals surface area contributed by atoms with Gasteiger partial charge in [0.1, 0.15) is 11.9 Å². The summed E-state index contributed by atoms with van der Waals surface area (Å²) in [7, 11) is 0. The SMILES string of the molecule is C[C@H]1C(=O)N(c2ccc(F)c(Cl)c2)CCN1C(=O)c1ccc(Cl)c(Cl)c1. The molecule has 1 heterocycles. The molecule has 8 heteroatoms. The monoisotopic (exact) mass is 414 g/mol. The molecule has 1 saturated heterocycles. The van der Waals surface area contributed by atoms with Crippen molar-refractivity contribution in [3.63, 3.8) is 0 Å². The lowest BCUT2D eigenvalue weighted by atomic mass is 10.1. The van der Waals surface area contributed by atoms with E-state index in [2.05, 4.69) is 0 Å². The van der Waals surface area contributed by atoms with Crippen molar-refractivity contribution in [2.75, 3.05) is 18.0 Å². The molecule has 2 aromatic rings. The lowest BCUT2D eigenvalue weighted by molar-refractivity contribution is -0.124. The minimum Gasteiger partial charge on any atom is -0.325 e. The predicted octanol–water partition coefficient (Wildman–Crippen LogP) is 4.66. The van der Waals surface area contributed by atoms with Crippen LogP contribution >= 0.6 is 34.8 Å². The van der Waals surface area contributed by atoms with Crippen molar-refractivity contribution < 1.29 is 14.0 Å². The van der Waals surface area contributed by atoms with Gasteiger partial charge in [0.15, 0.2) is 0 Å². The van der Waals surface area contributed by atoms with E-state index in [1.165, 1.54) is 34.1 Å². The summed E-state index contributed by atoms with van der Waals surface area (Å²) in [5, 5.41) is 0.568. The summed E-state index contributed by atoms with van der Waals surface area (Å²) in [6.45, 7) is 2.24. The Bertz CT molecular complexity index is 891. The summed E-state index contributed by atoms with van der Waals surface area (Å²) in [5.41, 5.74) is 0.854. The number of amides is 2. The molecule has 0 unspecified atom stereocenters. The molecule has 3 rings (SSSR count). The number of carbonyl (C=O) groups excluding carboxylic acids is 2. The number of nitrogens with zero attached hydrogens (tertiary/aromatic N) is 2. The highest BCUT2D eigenvalue weighted by molar-refractivity contribution is 6.42. The van der Waals surface area contributed by atoms with Gasteiger partial charge in [0.05, 0.1) is 15.1 Å². The van der Waals surface area contributed by atoms with Gasteiger partial charge < -0.3 is 9.80 Å². The van der Waals surface area contributed by atoms with Gasteiger partial charge in [-0.15, -0.1) is 0 Å². The van der Waals surface area contributed by atoms with Crippen molar-refractivity contribution in [1.29, 1.82) is 0 Å². The Morgan fingerprint density at radius 3 is 2.42 bits per heavy atom. The highest BCUT2D eigenvalue weighted by atomic mass is 35.5. The van der Waals surface area contributed by atoms with Crippen LogP contribution in [0.25, 0.3) is 0 Å². The van der Waals surface area contributed by atoms with E-state index in [0.717, 1.165) is 0 Å². The first-order valence-corrected chi connectivity index (χ1v) is 8.95. The summed E-state index contributed by atoms with van der Waals surface area (Å²) in [4.78, 5) is 28.5. The smallest absolute Gasteiger partial charge is 0.254 e. The molecule has 0 radical (unpaired) electrons. The molecule has 1 fully saturated rings. The number of halogens is 4. The number of rotatable bonds is 2. The average molecular weight is 416 g/mol. The van der Waals surface area contributed by atoms with Crippen molar-refractivity contribution in [2.45, 2.75) is 13.0 Å². The number of piperazine rings is 1. The molecule has 0 aromatic heterocycles. The third-order valence-corrected chi connectivity index (χ3v) is 5.33. The lowest BCUT2D eigenvalue weighted by Gasteiger charge is -2.39. The third kappa shape index (κ3) is 3.52. The van der Waals surface area contributed by atoms with E-state index in [4.69, 9.17) is 34.8 Å². The Labute approximate surface area is 165 Å². The second-order valence-corrected chi connectivity index (χ2v) is 7.11. The Kier molecular flexibility index (Phi) is 5.42. The van der Waals surface area contributed by atoms with E-state index in [-0.39, 0.29) is 28.4 Å². The maximum atomic E-state index is 13.3. The van der Waals surface area contributed by atoms with Gasteiger partial charge in [-0.2, -0.15) is 0 Å².